The minimum atomic E-state index is -0.302. The summed E-state index contributed by atoms with van der Waals surface area (Å²) in [6.45, 7) is 1.09. The predicted molar refractivity (Wildman–Crippen MR) is 72.4 cm³/mol. The fourth-order valence-electron chi connectivity index (χ4n) is 2.00. The van der Waals surface area contributed by atoms with E-state index >= 15 is 0 Å². The van der Waals surface area contributed by atoms with Crippen LogP contribution in [0.4, 0.5) is 14.5 Å². The van der Waals surface area contributed by atoms with Crippen LogP contribution in [0.3, 0.4) is 0 Å². The van der Waals surface area contributed by atoms with Crippen molar-refractivity contribution in [1.29, 1.82) is 0 Å². The van der Waals surface area contributed by atoms with Gasteiger partial charge in [0.25, 0.3) is 0 Å². The molecule has 0 bridgehead atoms. The van der Waals surface area contributed by atoms with Gasteiger partial charge in [0.05, 0.1) is 0 Å². The van der Waals surface area contributed by atoms with Crippen molar-refractivity contribution in [2.45, 2.75) is 13.1 Å². The smallest absolute Gasteiger partial charge is 0.123 e. The number of rotatable bonds is 4. The molecule has 2 rings (SSSR count). The SMILES string of the molecule is CN(Cc1cccc(F)c1)Cc1cc(F)ccc1N. The number of hydrogen-bond acceptors (Lipinski definition) is 2. The molecule has 0 aliphatic heterocycles. The molecule has 0 unspecified atom stereocenters. The van der Waals surface area contributed by atoms with E-state index in [1.807, 2.05) is 18.0 Å². The van der Waals surface area contributed by atoms with Gasteiger partial charge < -0.3 is 5.73 Å². The van der Waals surface area contributed by atoms with E-state index in [0.717, 1.165) is 11.1 Å². The van der Waals surface area contributed by atoms with Gasteiger partial charge in [0.2, 0.25) is 0 Å². The van der Waals surface area contributed by atoms with Crippen molar-refractivity contribution < 1.29 is 8.78 Å². The Bertz CT molecular complexity index is 570. The van der Waals surface area contributed by atoms with Crippen molar-refractivity contribution in [3.05, 3.63) is 65.2 Å². The van der Waals surface area contributed by atoms with Crippen LogP contribution in [0.5, 0.6) is 0 Å². The van der Waals surface area contributed by atoms with E-state index in [0.29, 0.717) is 18.8 Å². The van der Waals surface area contributed by atoms with E-state index in [1.54, 1.807) is 12.1 Å². The zero-order chi connectivity index (χ0) is 13.8. The highest BCUT2D eigenvalue weighted by Gasteiger charge is 2.06. The molecular weight excluding hydrogens is 246 g/mol. The second kappa shape index (κ2) is 5.80. The molecule has 2 N–H and O–H groups in total. The summed E-state index contributed by atoms with van der Waals surface area (Å²) in [6, 6.07) is 10.8. The number of anilines is 1. The average molecular weight is 262 g/mol. The van der Waals surface area contributed by atoms with E-state index in [4.69, 9.17) is 5.73 Å². The van der Waals surface area contributed by atoms with Gasteiger partial charge in [-0.25, -0.2) is 8.78 Å². The number of nitrogens with two attached hydrogens (primary N) is 1. The van der Waals surface area contributed by atoms with Crippen LogP contribution in [-0.2, 0) is 13.1 Å². The van der Waals surface area contributed by atoms with Gasteiger partial charge in [-0.1, -0.05) is 12.1 Å². The number of halogens is 2. The normalized spacial score (nSPS) is 10.9. The number of hydrogen-bond donors (Lipinski definition) is 1. The van der Waals surface area contributed by atoms with Crippen LogP contribution < -0.4 is 5.73 Å². The Labute approximate surface area is 111 Å². The third-order valence-electron chi connectivity index (χ3n) is 2.89. The van der Waals surface area contributed by atoms with Gasteiger partial charge in [-0.15, -0.1) is 0 Å². The molecule has 0 saturated heterocycles. The first-order chi connectivity index (χ1) is 9.04. The lowest BCUT2D eigenvalue weighted by molar-refractivity contribution is 0.318. The molecule has 0 heterocycles. The van der Waals surface area contributed by atoms with E-state index in [9.17, 15) is 8.78 Å². The Balaban J connectivity index is 2.05. The maximum absolute atomic E-state index is 13.2. The van der Waals surface area contributed by atoms with Crippen LogP contribution in [0.2, 0.25) is 0 Å². The van der Waals surface area contributed by atoms with Gasteiger partial charge in [0.15, 0.2) is 0 Å². The monoisotopic (exact) mass is 262 g/mol. The third-order valence-corrected chi connectivity index (χ3v) is 2.89. The average Bonchev–Trinajstić information content (AvgIpc) is 2.34. The van der Waals surface area contributed by atoms with Crippen molar-refractivity contribution in [2.75, 3.05) is 12.8 Å². The molecule has 0 fully saturated rings. The highest BCUT2D eigenvalue weighted by atomic mass is 19.1. The van der Waals surface area contributed by atoms with Crippen LogP contribution in [0.1, 0.15) is 11.1 Å². The van der Waals surface area contributed by atoms with E-state index in [-0.39, 0.29) is 11.6 Å². The summed E-state index contributed by atoms with van der Waals surface area (Å²) in [5, 5.41) is 0. The van der Waals surface area contributed by atoms with Crippen LogP contribution >= 0.6 is 0 Å². The minimum Gasteiger partial charge on any atom is -0.398 e. The van der Waals surface area contributed by atoms with E-state index in [2.05, 4.69) is 0 Å². The molecular formula is C15H16F2N2. The van der Waals surface area contributed by atoms with Crippen molar-refractivity contribution in [1.82, 2.24) is 4.90 Å². The van der Waals surface area contributed by atoms with Gasteiger partial charge in [0, 0.05) is 18.8 Å². The predicted octanol–water partition coefficient (Wildman–Crippen LogP) is 3.18. The standard InChI is InChI=1S/C15H16F2N2/c1-19(9-11-3-2-4-13(16)7-11)10-12-8-14(17)5-6-15(12)18/h2-8H,9-10,18H2,1H3. The van der Waals surface area contributed by atoms with Gasteiger partial charge in [0.1, 0.15) is 11.6 Å². The Morgan fingerprint density at radius 1 is 1.00 bits per heavy atom. The van der Waals surface area contributed by atoms with Crippen LogP contribution in [0.15, 0.2) is 42.5 Å². The molecule has 2 nitrogen and oxygen atoms in total. The second-order valence-corrected chi connectivity index (χ2v) is 4.65. The third kappa shape index (κ3) is 3.76. The number of nitrogens with zero attached hydrogens (tertiary/aromatic N) is 1. The maximum Gasteiger partial charge on any atom is 0.123 e. The lowest BCUT2D eigenvalue weighted by Gasteiger charge is -2.18. The quantitative estimate of drug-likeness (QED) is 0.857. The van der Waals surface area contributed by atoms with Crippen molar-refractivity contribution in [2.24, 2.45) is 0 Å². The van der Waals surface area contributed by atoms with Crippen LogP contribution in [0, 0.1) is 11.6 Å². The molecule has 0 aromatic heterocycles. The highest BCUT2D eigenvalue weighted by molar-refractivity contribution is 5.46. The number of nitrogen functional groups attached to an aromatic ring is 1. The molecule has 4 heteroatoms. The van der Waals surface area contributed by atoms with Crippen molar-refractivity contribution >= 4 is 5.69 Å². The Kier molecular flexibility index (Phi) is 4.12. The van der Waals surface area contributed by atoms with Gasteiger partial charge in [-0.05, 0) is 48.5 Å². The molecule has 100 valence electrons. The zero-order valence-electron chi connectivity index (χ0n) is 10.7. The van der Waals surface area contributed by atoms with Gasteiger partial charge >= 0.3 is 0 Å². The summed E-state index contributed by atoms with van der Waals surface area (Å²) in [6.07, 6.45) is 0. The van der Waals surface area contributed by atoms with Crippen LogP contribution in [-0.4, -0.2) is 11.9 Å². The summed E-state index contributed by atoms with van der Waals surface area (Å²) >= 11 is 0. The zero-order valence-corrected chi connectivity index (χ0v) is 10.7. The lowest BCUT2D eigenvalue weighted by Crippen LogP contribution is -2.18. The fourth-order valence-corrected chi connectivity index (χ4v) is 2.00. The molecule has 2 aromatic rings. The largest absolute Gasteiger partial charge is 0.398 e. The summed E-state index contributed by atoms with van der Waals surface area (Å²) in [4.78, 5) is 1.96. The minimum absolute atomic E-state index is 0.254. The first-order valence-corrected chi connectivity index (χ1v) is 6.01. The summed E-state index contributed by atoms with van der Waals surface area (Å²) < 4.78 is 26.2. The first kappa shape index (κ1) is 13.5. The Morgan fingerprint density at radius 2 is 1.74 bits per heavy atom. The van der Waals surface area contributed by atoms with Gasteiger partial charge in [-0.2, -0.15) is 0 Å². The Morgan fingerprint density at radius 3 is 2.47 bits per heavy atom. The molecule has 0 spiro atoms. The molecule has 0 saturated carbocycles. The molecule has 0 atom stereocenters. The number of benzene rings is 2. The fraction of sp³-hybridized carbons (Fsp3) is 0.200. The van der Waals surface area contributed by atoms with Crippen molar-refractivity contribution in [3.63, 3.8) is 0 Å². The Hall–Kier alpha value is -1.94. The molecule has 0 radical (unpaired) electrons. The molecule has 0 aliphatic rings. The molecule has 0 aliphatic carbocycles. The van der Waals surface area contributed by atoms with Crippen molar-refractivity contribution in [3.8, 4) is 0 Å². The first-order valence-electron chi connectivity index (χ1n) is 6.01. The van der Waals surface area contributed by atoms with Crippen LogP contribution in [0.25, 0.3) is 0 Å². The summed E-state index contributed by atoms with van der Waals surface area (Å²) in [5.74, 6) is -0.556. The lowest BCUT2D eigenvalue weighted by atomic mass is 10.1. The summed E-state index contributed by atoms with van der Waals surface area (Å²) in [5.41, 5.74) is 7.97. The van der Waals surface area contributed by atoms with Gasteiger partial charge in [-0.3, -0.25) is 4.90 Å². The van der Waals surface area contributed by atoms with E-state index in [1.165, 1.54) is 24.3 Å². The molecule has 19 heavy (non-hydrogen) atoms. The highest BCUT2D eigenvalue weighted by Crippen LogP contribution is 2.16. The summed E-state index contributed by atoms with van der Waals surface area (Å²) in [7, 11) is 1.88. The topological polar surface area (TPSA) is 29.3 Å². The molecule has 2 aromatic carbocycles. The van der Waals surface area contributed by atoms with E-state index < -0.39 is 0 Å². The molecule has 0 amide bonds. The second-order valence-electron chi connectivity index (χ2n) is 4.65. The maximum atomic E-state index is 13.2.